The lowest BCUT2D eigenvalue weighted by molar-refractivity contribution is -0.157. The van der Waals surface area contributed by atoms with Gasteiger partial charge in [0.2, 0.25) is 0 Å². The summed E-state index contributed by atoms with van der Waals surface area (Å²) < 4.78 is 26.5. The van der Waals surface area contributed by atoms with Crippen LogP contribution in [0.4, 0.5) is 14.9 Å². The highest BCUT2D eigenvalue weighted by Gasteiger charge is 2.18. The maximum atomic E-state index is 14.2. The molecule has 0 heterocycles. The maximum absolute atomic E-state index is 14.2. The van der Waals surface area contributed by atoms with E-state index in [1.165, 1.54) is 36.4 Å². The third-order valence-electron chi connectivity index (χ3n) is 3.69. The molecule has 0 aliphatic rings. The topological polar surface area (TPSA) is 123 Å². The van der Waals surface area contributed by atoms with E-state index in [0.29, 0.717) is 0 Å². The summed E-state index contributed by atoms with van der Waals surface area (Å²) in [4.78, 5) is 47.3. The van der Waals surface area contributed by atoms with Crippen molar-refractivity contribution in [3.05, 3.63) is 59.4 Å². The highest BCUT2D eigenvalue weighted by atomic mass is 32.1. The average Bonchev–Trinajstić information content (AvgIpc) is 2.71. The second-order valence-corrected chi connectivity index (χ2v) is 7.67. The van der Waals surface area contributed by atoms with Gasteiger partial charge >= 0.3 is 12.0 Å². The standard InChI is InChI=1S/C21H22FN3O6S/c1-21(2,3)31-17(26)11-30-16-9-8-14(10-15(16)22)23-20(29)24-18(27)12-4-6-13(7-5-12)19(28)25-32/h4-10,32H,11H2,1-3H3,(H,25,28)(H2,23,24,27,29). The van der Waals surface area contributed by atoms with Crippen LogP contribution in [0.1, 0.15) is 41.5 Å². The average molecular weight is 463 g/mol. The number of hydrogen-bond donors (Lipinski definition) is 4. The molecule has 4 amide bonds. The quantitative estimate of drug-likeness (QED) is 0.386. The van der Waals surface area contributed by atoms with Gasteiger partial charge in [-0.2, -0.15) is 0 Å². The van der Waals surface area contributed by atoms with E-state index in [9.17, 15) is 23.6 Å². The minimum atomic E-state index is -0.894. The van der Waals surface area contributed by atoms with Crippen LogP contribution in [-0.4, -0.2) is 36.0 Å². The number of halogens is 1. The zero-order valence-corrected chi connectivity index (χ0v) is 18.4. The van der Waals surface area contributed by atoms with Crippen LogP contribution in [0.25, 0.3) is 0 Å². The van der Waals surface area contributed by atoms with Gasteiger partial charge in [0, 0.05) is 22.9 Å². The smallest absolute Gasteiger partial charge is 0.344 e. The number of amides is 4. The molecule has 0 radical (unpaired) electrons. The van der Waals surface area contributed by atoms with Gasteiger partial charge in [-0.15, -0.1) is 0 Å². The molecular formula is C21H22FN3O6S. The van der Waals surface area contributed by atoms with Crippen LogP contribution in [0.3, 0.4) is 0 Å². The molecule has 0 atom stereocenters. The van der Waals surface area contributed by atoms with Gasteiger partial charge in [0.1, 0.15) is 5.60 Å². The zero-order valence-electron chi connectivity index (χ0n) is 17.5. The van der Waals surface area contributed by atoms with Crippen molar-refractivity contribution in [1.82, 2.24) is 10.0 Å². The molecular weight excluding hydrogens is 441 g/mol. The van der Waals surface area contributed by atoms with Crippen molar-refractivity contribution >= 4 is 42.3 Å². The number of carbonyl (C=O) groups is 4. The maximum Gasteiger partial charge on any atom is 0.344 e. The molecule has 11 heteroatoms. The fourth-order valence-corrected chi connectivity index (χ4v) is 2.51. The van der Waals surface area contributed by atoms with Crippen molar-refractivity contribution < 1.29 is 33.0 Å². The molecule has 2 aromatic carbocycles. The Morgan fingerprint density at radius 2 is 1.56 bits per heavy atom. The van der Waals surface area contributed by atoms with E-state index in [4.69, 9.17) is 9.47 Å². The first-order chi connectivity index (χ1) is 15.0. The number of hydrogen-bond acceptors (Lipinski definition) is 7. The lowest BCUT2D eigenvalue weighted by atomic mass is 10.1. The predicted octanol–water partition coefficient (Wildman–Crippen LogP) is 3.08. The zero-order chi connectivity index (χ0) is 23.9. The summed E-state index contributed by atoms with van der Waals surface area (Å²) in [5, 5.41) is 4.40. The van der Waals surface area contributed by atoms with E-state index in [1.54, 1.807) is 20.8 Å². The number of rotatable bonds is 6. The van der Waals surface area contributed by atoms with E-state index in [0.717, 1.165) is 6.07 Å². The van der Waals surface area contributed by atoms with Gasteiger partial charge in [-0.1, -0.05) is 12.8 Å². The summed E-state index contributed by atoms with van der Waals surface area (Å²) >= 11 is 3.65. The number of urea groups is 1. The molecule has 32 heavy (non-hydrogen) atoms. The normalized spacial score (nSPS) is 10.7. The van der Waals surface area contributed by atoms with E-state index in [2.05, 4.69) is 28.2 Å². The van der Waals surface area contributed by atoms with Gasteiger partial charge < -0.3 is 14.8 Å². The molecule has 0 unspecified atom stereocenters. The number of ether oxygens (including phenoxy) is 2. The van der Waals surface area contributed by atoms with Crippen LogP contribution in [0.2, 0.25) is 0 Å². The van der Waals surface area contributed by atoms with E-state index >= 15 is 0 Å². The van der Waals surface area contributed by atoms with Crippen molar-refractivity contribution in [1.29, 1.82) is 0 Å². The van der Waals surface area contributed by atoms with Crippen LogP contribution in [0.15, 0.2) is 42.5 Å². The molecule has 0 saturated heterocycles. The molecule has 0 spiro atoms. The molecule has 0 aromatic heterocycles. The second kappa shape index (κ2) is 10.6. The number of thiol groups is 1. The Kier molecular flexibility index (Phi) is 8.19. The largest absolute Gasteiger partial charge is 0.479 e. The lowest BCUT2D eigenvalue weighted by Gasteiger charge is -2.19. The number of nitrogens with one attached hydrogen (secondary N) is 3. The Labute approximate surface area is 189 Å². The Morgan fingerprint density at radius 3 is 2.09 bits per heavy atom. The van der Waals surface area contributed by atoms with Crippen LogP contribution >= 0.6 is 12.8 Å². The van der Waals surface area contributed by atoms with Gasteiger partial charge in [0.25, 0.3) is 11.8 Å². The summed E-state index contributed by atoms with van der Waals surface area (Å²) in [6, 6.07) is 8.14. The Morgan fingerprint density at radius 1 is 0.969 bits per heavy atom. The fourth-order valence-electron chi connectivity index (χ4n) is 2.38. The van der Waals surface area contributed by atoms with Crippen molar-refractivity contribution in [2.75, 3.05) is 11.9 Å². The number of benzene rings is 2. The van der Waals surface area contributed by atoms with Crippen LogP contribution in [0.5, 0.6) is 5.75 Å². The second-order valence-electron chi connectivity index (χ2n) is 7.45. The molecule has 0 bridgehead atoms. The Hall–Kier alpha value is -3.60. The van der Waals surface area contributed by atoms with E-state index < -0.39 is 41.8 Å². The summed E-state index contributed by atoms with van der Waals surface area (Å²) in [5.41, 5.74) is -0.225. The molecule has 2 aromatic rings. The molecule has 170 valence electrons. The third-order valence-corrected chi connectivity index (χ3v) is 3.90. The number of carbonyl (C=O) groups excluding carboxylic acids is 4. The highest BCUT2D eigenvalue weighted by Crippen LogP contribution is 2.21. The highest BCUT2D eigenvalue weighted by molar-refractivity contribution is 7.78. The van der Waals surface area contributed by atoms with Crippen LogP contribution in [-0.2, 0) is 9.53 Å². The SMILES string of the molecule is CC(C)(C)OC(=O)COc1ccc(NC(=O)NC(=O)c2ccc(C(=O)NS)cc2)cc1F. The lowest BCUT2D eigenvalue weighted by Crippen LogP contribution is -2.34. The van der Waals surface area contributed by atoms with Crippen LogP contribution in [0, 0.1) is 5.82 Å². The predicted molar refractivity (Wildman–Crippen MR) is 117 cm³/mol. The van der Waals surface area contributed by atoms with E-state index in [1.807, 2.05) is 0 Å². The van der Waals surface area contributed by atoms with Gasteiger partial charge in [-0.25, -0.2) is 14.0 Å². The molecule has 0 fully saturated rings. The summed E-state index contributed by atoms with van der Waals surface area (Å²) in [6.45, 7) is 4.60. The molecule has 0 aliphatic carbocycles. The van der Waals surface area contributed by atoms with Gasteiger partial charge in [0.15, 0.2) is 18.2 Å². The molecule has 2 rings (SSSR count). The van der Waals surface area contributed by atoms with Gasteiger partial charge in [0.05, 0.1) is 0 Å². The number of anilines is 1. The van der Waals surface area contributed by atoms with E-state index in [-0.39, 0.29) is 22.6 Å². The third kappa shape index (κ3) is 7.58. The minimum absolute atomic E-state index is 0.0539. The van der Waals surface area contributed by atoms with Gasteiger partial charge in [-0.05, 0) is 57.2 Å². The van der Waals surface area contributed by atoms with Gasteiger partial charge in [-0.3, -0.25) is 19.6 Å². The Balaban J connectivity index is 1.91. The Bertz CT molecular complexity index is 1020. The van der Waals surface area contributed by atoms with Crippen molar-refractivity contribution in [3.8, 4) is 5.75 Å². The molecule has 0 saturated carbocycles. The van der Waals surface area contributed by atoms with Crippen molar-refractivity contribution in [2.24, 2.45) is 0 Å². The fraction of sp³-hybridized carbons (Fsp3) is 0.238. The number of imide groups is 1. The van der Waals surface area contributed by atoms with Crippen LogP contribution < -0.4 is 20.1 Å². The van der Waals surface area contributed by atoms with Crippen molar-refractivity contribution in [3.63, 3.8) is 0 Å². The summed E-state index contributed by atoms with van der Waals surface area (Å²) in [7, 11) is 0. The first-order valence-corrected chi connectivity index (χ1v) is 9.74. The minimum Gasteiger partial charge on any atom is -0.479 e. The molecule has 3 N–H and O–H groups in total. The molecule has 9 nitrogen and oxygen atoms in total. The number of esters is 1. The monoisotopic (exact) mass is 463 g/mol. The first kappa shape index (κ1) is 24.7. The molecule has 0 aliphatic heterocycles. The summed E-state index contributed by atoms with van der Waals surface area (Å²) in [5.74, 6) is -2.85. The first-order valence-electron chi connectivity index (χ1n) is 9.29. The summed E-state index contributed by atoms with van der Waals surface area (Å²) in [6.07, 6.45) is 0. The van der Waals surface area contributed by atoms with Crippen molar-refractivity contribution in [2.45, 2.75) is 26.4 Å².